The fourth-order valence-electron chi connectivity index (χ4n) is 2.35. The van der Waals surface area contributed by atoms with Crippen LogP contribution in [0.1, 0.15) is 17.2 Å². The van der Waals surface area contributed by atoms with Gasteiger partial charge < -0.3 is 4.90 Å². The number of hydrogen-bond donors (Lipinski definition) is 0. The minimum atomic E-state index is -0.235. The van der Waals surface area contributed by atoms with E-state index in [1.165, 1.54) is 5.56 Å². The van der Waals surface area contributed by atoms with Gasteiger partial charge in [-0.15, -0.1) is 0 Å². The number of rotatable bonds is 5. The lowest BCUT2D eigenvalue weighted by Crippen LogP contribution is -2.23. The van der Waals surface area contributed by atoms with Crippen molar-refractivity contribution in [1.82, 2.24) is 4.90 Å². The third-order valence-electron chi connectivity index (χ3n) is 3.56. The summed E-state index contributed by atoms with van der Waals surface area (Å²) in [6.07, 6.45) is 0. The lowest BCUT2D eigenvalue weighted by atomic mass is 10.1. The molecule has 0 aromatic heterocycles. The number of benzene rings is 2. The predicted molar refractivity (Wildman–Crippen MR) is 87.0 cm³/mol. The topological polar surface area (TPSA) is 30.3 Å². The summed E-state index contributed by atoms with van der Waals surface area (Å²) < 4.78 is 0. The molecule has 3 nitrogen and oxygen atoms in total. The second-order valence-corrected chi connectivity index (χ2v) is 5.42. The molecule has 2 aromatic carbocycles. The van der Waals surface area contributed by atoms with Gasteiger partial charge in [0, 0.05) is 26.3 Å². The zero-order valence-electron chi connectivity index (χ0n) is 12.8. The Labute approximate surface area is 127 Å². The maximum atomic E-state index is 9.50. The Hall–Kier alpha value is -2.31. The Bertz CT molecular complexity index is 597. The first-order valence-electron chi connectivity index (χ1n) is 7.03. The van der Waals surface area contributed by atoms with Gasteiger partial charge >= 0.3 is 0 Å². The highest BCUT2D eigenvalue weighted by atomic mass is 15.1. The molecule has 0 bridgehead atoms. The molecule has 0 spiro atoms. The van der Waals surface area contributed by atoms with E-state index < -0.39 is 0 Å². The average molecular weight is 279 g/mol. The van der Waals surface area contributed by atoms with Crippen molar-refractivity contribution in [2.45, 2.75) is 12.6 Å². The van der Waals surface area contributed by atoms with Gasteiger partial charge in [-0.25, -0.2) is 0 Å². The quantitative estimate of drug-likeness (QED) is 0.839. The summed E-state index contributed by atoms with van der Waals surface area (Å²) in [5.41, 5.74) is 3.38. The molecule has 1 unspecified atom stereocenters. The standard InChI is InChI=1S/C18H21N3/c1-20(2)17-11-9-16(10-12-17)18(13-19)21(3)14-15-7-5-4-6-8-15/h4-12,18H,14H2,1-3H3. The first kappa shape index (κ1) is 15.1. The third-order valence-corrected chi connectivity index (χ3v) is 3.56. The van der Waals surface area contributed by atoms with Gasteiger partial charge in [0.05, 0.1) is 6.07 Å². The number of anilines is 1. The molecule has 0 N–H and O–H groups in total. The molecule has 2 aromatic rings. The van der Waals surface area contributed by atoms with Crippen LogP contribution in [0.25, 0.3) is 0 Å². The van der Waals surface area contributed by atoms with E-state index >= 15 is 0 Å². The summed E-state index contributed by atoms with van der Waals surface area (Å²) >= 11 is 0. The fourth-order valence-corrected chi connectivity index (χ4v) is 2.35. The maximum Gasteiger partial charge on any atom is 0.123 e. The van der Waals surface area contributed by atoms with Gasteiger partial charge in [-0.3, -0.25) is 4.90 Å². The van der Waals surface area contributed by atoms with Crippen LogP contribution in [0.2, 0.25) is 0 Å². The molecule has 0 fully saturated rings. The van der Waals surface area contributed by atoms with Crippen molar-refractivity contribution >= 4 is 5.69 Å². The lowest BCUT2D eigenvalue weighted by molar-refractivity contribution is 0.283. The van der Waals surface area contributed by atoms with Crippen LogP contribution in [0.5, 0.6) is 0 Å². The second-order valence-electron chi connectivity index (χ2n) is 5.42. The van der Waals surface area contributed by atoms with Gasteiger partial charge in [0.1, 0.15) is 6.04 Å². The van der Waals surface area contributed by atoms with Crippen molar-refractivity contribution in [3.8, 4) is 6.07 Å². The van der Waals surface area contributed by atoms with Crippen molar-refractivity contribution in [1.29, 1.82) is 5.26 Å². The molecule has 0 radical (unpaired) electrons. The van der Waals surface area contributed by atoms with Crippen molar-refractivity contribution < 1.29 is 0 Å². The molecule has 0 aliphatic rings. The molecular weight excluding hydrogens is 258 g/mol. The molecule has 0 saturated carbocycles. The van der Waals surface area contributed by atoms with E-state index in [9.17, 15) is 5.26 Å². The smallest absolute Gasteiger partial charge is 0.123 e. The zero-order valence-corrected chi connectivity index (χ0v) is 12.8. The summed E-state index contributed by atoms with van der Waals surface area (Å²) in [7, 11) is 6.01. The number of hydrogen-bond acceptors (Lipinski definition) is 3. The van der Waals surface area contributed by atoms with Crippen LogP contribution in [0.4, 0.5) is 5.69 Å². The monoisotopic (exact) mass is 279 g/mol. The maximum absolute atomic E-state index is 9.50. The van der Waals surface area contributed by atoms with E-state index in [1.54, 1.807) is 0 Å². The molecule has 0 heterocycles. The van der Waals surface area contributed by atoms with E-state index in [0.29, 0.717) is 0 Å². The van der Waals surface area contributed by atoms with E-state index in [4.69, 9.17) is 0 Å². The Kier molecular flexibility index (Phi) is 4.97. The highest BCUT2D eigenvalue weighted by Crippen LogP contribution is 2.23. The SMILES string of the molecule is CN(C)c1ccc(C(C#N)N(C)Cc2ccccc2)cc1. The molecule has 0 amide bonds. The van der Waals surface area contributed by atoms with Crippen LogP contribution in [0.15, 0.2) is 54.6 Å². The summed E-state index contributed by atoms with van der Waals surface area (Å²) in [5, 5.41) is 9.50. The van der Waals surface area contributed by atoms with Gasteiger partial charge in [0.15, 0.2) is 0 Å². The molecule has 21 heavy (non-hydrogen) atoms. The summed E-state index contributed by atoms with van der Waals surface area (Å²) in [4.78, 5) is 4.12. The number of nitrogens with zero attached hydrogens (tertiary/aromatic N) is 3. The molecule has 1 atom stereocenters. The van der Waals surface area contributed by atoms with Crippen LogP contribution in [-0.4, -0.2) is 26.0 Å². The number of nitriles is 1. The Morgan fingerprint density at radius 3 is 2.10 bits per heavy atom. The average Bonchev–Trinajstić information content (AvgIpc) is 2.49. The van der Waals surface area contributed by atoms with Gasteiger partial charge in [0.25, 0.3) is 0 Å². The van der Waals surface area contributed by atoms with Crippen LogP contribution in [-0.2, 0) is 6.54 Å². The van der Waals surface area contributed by atoms with Crippen molar-refractivity contribution in [2.24, 2.45) is 0 Å². The van der Waals surface area contributed by atoms with Crippen molar-refractivity contribution in [3.63, 3.8) is 0 Å². The van der Waals surface area contributed by atoms with Crippen LogP contribution < -0.4 is 4.90 Å². The highest BCUT2D eigenvalue weighted by Gasteiger charge is 2.16. The highest BCUT2D eigenvalue weighted by molar-refractivity contribution is 5.47. The zero-order chi connectivity index (χ0) is 15.2. The first-order chi connectivity index (χ1) is 10.1. The van der Waals surface area contributed by atoms with Gasteiger partial charge in [-0.1, -0.05) is 42.5 Å². The van der Waals surface area contributed by atoms with E-state index in [1.807, 2.05) is 51.5 Å². The van der Waals surface area contributed by atoms with Crippen LogP contribution in [0.3, 0.4) is 0 Å². The van der Waals surface area contributed by atoms with Crippen molar-refractivity contribution in [2.75, 3.05) is 26.0 Å². The molecule has 2 rings (SSSR count). The second kappa shape index (κ2) is 6.92. The molecule has 3 heteroatoms. The minimum Gasteiger partial charge on any atom is -0.378 e. The Morgan fingerprint density at radius 1 is 0.952 bits per heavy atom. The fraction of sp³-hybridized carbons (Fsp3) is 0.278. The molecule has 108 valence electrons. The van der Waals surface area contributed by atoms with E-state index in [0.717, 1.165) is 17.8 Å². The van der Waals surface area contributed by atoms with E-state index in [2.05, 4.69) is 40.1 Å². The van der Waals surface area contributed by atoms with Crippen molar-refractivity contribution in [3.05, 3.63) is 65.7 Å². The molecule has 0 aliphatic carbocycles. The predicted octanol–water partition coefficient (Wildman–Crippen LogP) is 3.45. The third kappa shape index (κ3) is 3.84. The Balaban J connectivity index is 2.13. The minimum absolute atomic E-state index is 0.235. The summed E-state index contributed by atoms with van der Waals surface area (Å²) in [5.74, 6) is 0. The molecule has 0 aliphatic heterocycles. The van der Waals surface area contributed by atoms with Gasteiger partial charge in [-0.2, -0.15) is 5.26 Å². The Morgan fingerprint density at radius 2 is 1.57 bits per heavy atom. The van der Waals surface area contributed by atoms with Gasteiger partial charge in [0.2, 0.25) is 0 Å². The summed E-state index contributed by atoms with van der Waals surface area (Å²) in [6, 6.07) is 20.6. The normalized spacial score (nSPS) is 12.0. The van der Waals surface area contributed by atoms with Crippen LogP contribution >= 0.6 is 0 Å². The lowest BCUT2D eigenvalue weighted by Gasteiger charge is -2.23. The molecule has 0 saturated heterocycles. The molecular formula is C18H21N3. The van der Waals surface area contributed by atoms with E-state index in [-0.39, 0.29) is 6.04 Å². The largest absolute Gasteiger partial charge is 0.378 e. The van der Waals surface area contributed by atoms with Gasteiger partial charge in [-0.05, 0) is 30.3 Å². The first-order valence-corrected chi connectivity index (χ1v) is 7.03. The summed E-state index contributed by atoms with van der Waals surface area (Å²) in [6.45, 7) is 0.758. The van der Waals surface area contributed by atoms with Crippen LogP contribution in [0, 0.1) is 11.3 Å².